The van der Waals surface area contributed by atoms with Crippen LogP contribution in [0, 0.1) is 0 Å². The molecule has 0 bridgehead atoms. The number of rotatable bonds is 11. The molecule has 1 atom stereocenters. The van der Waals surface area contributed by atoms with Gasteiger partial charge in [-0.05, 0) is 24.6 Å². The van der Waals surface area contributed by atoms with E-state index in [0.29, 0.717) is 0 Å². The van der Waals surface area contributed by atoms with Crippen LogP contribution >= 0.6 is 17.9 Å². The van der Waals surface area contributed by atoms with E-state index in [1.807, 2.05) is 4.67 Å². The van der Waals surface area contributed by atoms with E-state index in [2.05, 4.69) is 26.1 Å². The van der Waals surface area contributed by atoms with Crippen LogP contribution in [0.2, 0.25) is 0 Å². The van der Waals surface area contributed by atoms with Crippen LogP contribution in [-0.2, 0) is 11.8 Å². The van der Waals surface area contributed by atoms with Crippen molar-refractivity contribution >= 4 is 29.7 Å². The molecule has 2 nitrogen and oxygen atoms in total. The maximum atomic E-state index is 9.91. The molecule has 0 aromatic heterocycles. The fourth-order valence-electron chi connectivity index (χ4n) is 1.81. The SMILES string of the molecule is CCCCCCN(CCCCCC)P(O)(=S)S. The third-order valence-corrected chi connectivity index (χ3v) is 5.50. The van der Waals surface area contributed by atoms with Gasteiger partial charge in [-0.1, -0.05) is 52.4 Å². The molecule has 0 radical (unpaired) electrons. The van der Waals surface area contributed by atoms with Gasteiger partial charge < -0.3 is 4.89 Å². The molecule has 0 aliphatic rings. The molecule has 0 saturated carbocycles. The van der Waals surface area contributed by atoms with Crippen molar-refractivity contribution in [3.05, 3.63) is 0 Å². The Morgan fingerprint density at radius 1 is 0.941 bits per heavy atom. The normalized spacial score (nSPS) is 15.1. The molecule has 0 amide bonds. The highest BCUT2D eigenvalue weighted by Gasteiger charge is 2.17. The zero-order valence-corrected chi connectivity index (χ0v) is 13.9. The van der Waals surface area contributed by atoms with Gasteiger partial charge in [0.05, 0.1) is 0 Å². The molecule has 17 heavy (non-hydrogen) atoms. The summed E-state index contributed by atoms with van der Waals surface area (Å²) >= 11 is 9.33. The van der Waals surface area contributed by atoms with Crippen LogP contribution in [0.5, 0.6) is 0 Å². The first-order chi connectivity index (χ1) is 8.02. The second kappa shape index (κ2) is 10.8. The van der Waals surface area contributed by atoms with Crippen molar-refractivity contribution < 1.29 is 4.89 Å². The molecule has 0 aliphatic heterocycles. The molecule has 0 aromatic rings. The van der Waals surface area contributed by atoms with Crippen molar-refractivity contribution in [2.45, 2.75) is 65.2 Å². The average molecular weight is 297 g/mol. The Labute approximate surface area is 117 Å². The summed E-state index contributed by atoms with van der Waals surface area (Å²) in [6, 6.07) is 0. The minimum absolute atomic E-state index is 0.906. The predicted octanol–water partition coefficient (Wildman–Crippen LogP) is 4.60. The highest BCUT2D eigenvalue weighted by molar-refractivity contribution is 8.60. The zero-order valence-electron chi connectivity index (χ0n) is 11.3. The van der Waals surface area contributed by atoms with E-state index < -0.39 is 5.62 Å². The minimum atomic E-state index is -2.51. The quantitative estimate of drug-likeness (QED) is 0.331. The van der Waals surface area contributed by atoms with Crippen molar-refractivity contribution in [2.75, 3.05) is 13.1 Å². The fraction of sp³-hybridized carbons (Fsp3) is 1.00. The number of unbranched alkanes of at least 4 members (excludes halogenated alkanes) is 6. The molecule has 104 valence electrons. The second-order valence-electron chi connectivity index (χ2n) is 4.59. The summed E-state index contributed by atoms with van der Waals surface area (Å²) in [6.07, 6.45) is 9.73. The maximum absolute atomic E-state index is 9.91. The number of hydrogen-bond donors (Lipinski definition) is 2. The first-order valence-electron chi connectivity index (χ1n) is 6.83. The topological polar surface area (TPSA) is 23.5 Å². The Balaban J connectivity index is 3.86. The lowest BCUT2D eigenvalue weighted by molar-refractivity contribution is 0.389. The van der Waals surface area contributed by atoms with Crippen LogP contribution < -0.4 is 0 Å². The summed E-state index contributed by atoms with van der Waals surface area (Å²) in [5.74, 6) is 0. The van der Waals surface area contributed by atoms with Gasteiger partial charge in [-0.3, -0.25) is 0 Å². The molecular formula is C12H28NOPS2. The lowest BCUT2D eigenvalue weighted by Crippen LogP contribution is -2.21. The van der Waals surface area contributed by atoms with Crippen molar-refractivity contribution in [3.63, 3.8) is 0 Å². The van der Waals surface area contributed by atoms with Gasteiger partial charge in [-0.25, -0.2) is 4.67 Å². The molecule has 5 heteroatoms. The molecule has 0 aliphatic carbocycles. The Morgan fingerprint density at radius 3 is 1.65 bits per heavy atom. The fourth-order valence-corrected chi connectivity index (χ4v) is 3.64. The third-order valence-electron chi connectivity index (χ3n) is 2.91. The highest BCUT2D eigenvalue weighted by Crippen LogP contribution is 2.50. The van der Waals surface area contributed by atoms with Gasteiger partial charge in [-0.15, -0.1) is 12.2 Å². The molecule has 0 saturated heterocycles. The second-order valence-corrected chi connectivity index (χ2v) is 10.2. The minimum Gasteiger partial charge on any atom is -0.346 e. The Kier molecular flexibility index (Phi) is 11.4. The molecule has 0 fully saturated rings. The largest absolute Gasteiger partial charge is 0.346 e. The van der Waals surface area contributed by atoms with Crippen molar-refractivity contribution in [1.82, 2.24) is 4.67 Å². The molecule has 1 N–H and O–H groups in total. The highest BCUT2D eigenvalue weighted by atomic mass is 32.9. The summed E-state index contributed by atoms with van der Waals surface area (Å²) in [5.41, 5.74) is -2.51. The van der Waals surface area contributed by atoms with Crippen molar-refractivity contribution in [3.8, 4) is 0 Å². The Bertz CT molecular complexity index is 209. The van der Waals surface area contributed by atoms with Gasteiger partial charge >= 0.3 is 0 Å². The monoisotopic (exact) mass is 297 g/mol. The molecule has 0 rings (SSSR count). The van der Waals surface area contributed by atoms with Crippen LogP contribution in [0.15, 0.2) is 0 Å². The van der Waals surface area contributed by atoms with Crippen LogP contribution in [0.1, 0.15) is 65.2 Å². The molecule has 1 unspecified atom stereocenters. The number of nitrogens with zero attached hydrogens (tertiary/aromatic N) is 1. The van der Waals surface area contributed by atoms with E-state index in [4.69, 9.17) is 11.8 Å². The lowest BCUT2D eigenvalue weighted by Gasteiger charge is -2.26. The summed E-state index contributed by atoms with van der Waals surface area (Å²) < 4.78 is 2.02. The average Bonchev–Trinajstić information content (AvgIpc) is 2.25. The van der Waals surface area contributed by atoms with Crippen LogP contribution in [-0.4, -0.2) is 22.7 Å². The zero-order chi connectivity index (χ0) is 13.1. The first-order valence-corrected chi connectivity index (χ1v) is 10.7. The Hall–Kier alpha value is 0.920. The van der Waals surface area contributed by atoms with Crippen LogP contribution in [0.25, 0.3) is 0 Å². The van der Waals surface area contributed by atoms with Gasteiger partial charge in [0.25, 0.3) is 0 Å². The van der Waals surface area contributed by atoms with Gasteiger partial charge in [0.1, 0.15) is 0 Å². The number of thiol groups is 1. The van der Waals surface area contributed by atoms with Gasteiger partial charge in [0.15, 0.2) is 5.62 Å². The number of hydrogen-bond acceptors (Lipinski definition) is 1. The van der Waals surface area contributed by atoms with Crippen LogP contribution in [0.4, 0.5) is 0 Å². The molecule has 0 heterocycles. The lowest BCUT2D eigenvalue weighted by atomic mass is 10.2. The molecule has 0 spiro atoms. The van der Waals surface area contributed by atoms with Crippen molar-refractivity contribution in [1.29, 1.82) is 0 Å². The standard InChI is InChI=1S/C12H28NOPS2/c1-3-5-7-9-11-13(15(14,16)17)12-10-8-6-4-2/h3-12H2,1-2H3,(H2,14,16,17). The Morgan fingerprint density at radius 2 is 1.35 bits per heavy atom. The first kappa shape index (κ1) is 17.9. The van der Waals surface area contributed by atoms with E-state index >= 15 is 0 Å². The summed E-state index contributed by atoms with van der Waals surface area (Å²) in [4.78, 5) is 9.91. The third kappa shape index (κ3) is 10.5. The molecular weight excluding hydrogens is 269 g/mol. The summed E-state index contributed by atoms with van der Waals surface area (Å²) in [5, 5.41) is 0. The smallest absolute Gasteiger partial charge is 0.182 e. The van der Waals surface area contributed by atoms with E-state index in [1.54, 1.807) is 0 Å². The van der Waals surface area contributed by atoms with Gasteiger partial charge in [0, 0.05) is 13.1 Å². The van der Waals surface area contributed by atoms with E-state index in [-0.39, 0.29) is 0 Å². The summed E-state index contributed by atoms with van der Waals surface area (Å²) in [7, 11) is 0. The predicted molar refractivity (Wildman–Crippen MR) is 85.3 cm³/mol. The molecule has 0 aromatic carbocycles. The maximum Gasteiger partial charge on any atom is 0.182 e. The van der Waals surface area contributed by atoms with E-state index in [1.165, 1.54) is 38.5 Å². The van der Waals surface area contributed by atoms with E-state index in [0.717, 1.165) is 25.9 Å². The summed E-state index contributed by atoms with van der Waals surface area (Å²) in [6.45, 7) is 6.22. The van der Waals surface area contributed by atoms with Crippen LogP contribution in [0.3, 0.4) is 0 Å². The van der Waals surface area contributed by atoms with Gasteiger partial charge in [-0.2, -0.15) is 0 Å². The van der Waals surface area contributed by atoms with Gasteiger partial charge in [0.2, 0.25) is 0 Å². The van der Waals surface area contributed by atoms with E-state index in [9.17, 15) is 4.89 Å². The van der Waals surface area contributed by atoms with Crippen molar-refractivity contribution in [2.24, 2.45) is 0 Å².